The number of benzene rings is 1. The molecule has 3 rings (SSSR count). The molecule has 0 unspecified atom stereocenters. The number of rotatable bonds is 3. The van der Waals surface area contributed by atoms with Gasteiger partial charge in [0.05, 0.1) is 0 Å². The fourth-order valence-corrected chi connectivity index (χ4v) is 3.39. The maximum atomic E-state index is 13.2. The van der Waals surface area contributed by atoms with Gasteiger partial charge in [-0.05, 0) is 38.3 Å². The van der Waals surface area contributed by atoms with Crippen LogP contribution in [0.1, 0.15) is 37.7 Å². The zero-order valence-electron chi connectivity index (χ0n) is 13.7. The highest BCUT2D eigenvalue weighted by molar-refractivity contribution is 6.01. The van der Waals surface area contributed by atoms with E-state index >= 15 is 0 Å². The minimum absolute atomic E-state index is 0.131. The largest absolute Gasteiger partial charge is 0.344 e. The summed E-state index contributed by atoms with van der Waals surface area (Å²) in [5, 5.41) is 2.76. The summed E-state index contributed by atoms with van der Waals surface area (Å²) in [5.74, 6) is -3.46. The number of alkyl halides is 2. The lowest BCUT2D eigenvalue weighted by molar-refractivity contribution is -0.132. The molecule has 1 atom stereocenters. The second-order valence-electron chi connectivity index (χ2n) is 6.81. The van der Waals surface area contributed by atoms with Crippen LogP contribution in [0.5, 0.6) is 0 Å². The molecule has 2 fully saturated rings. The summed E-state index contributed by atoms with van der Waals surface area (Å²) in [5.41, 5.74) is 1.93. The van der Waals surface area contributed by atoms with Crippen molar-refractivity contribution in [3.8, 4) is 0 Å². The Morgan fingerprint density at radius 2 is 1.79 bits per heavy atom. The topological polar surface area (TPSA) is 49.4 Å². The number of hydrogen-bond acceptors (Lipinski definition) is 2. The molecule has 0 spiro atoms. The Balaban J connectivity index is 1.58. The van der Waals surface area contributed by atoms with Crippen molar-refractivity contribution < 1.29 is 18.4 Å². The van der Waals surface area contributed by atoms with Crippen molar-refractivity contribution in [3.05, 3.63) is 29.8 Å². The molecule has 0 bridgehead atoms. The molecular formula is C18H22F2N2O2. The first-order chi connectivity index (χ1) is 11.4. The molecule has 2 amide bonds. The molecule has 1 aliphatic heterocycles. The van der Waals surface area contributed by atoms with Gasteiger partial charge in [0.15, 0.2) is 0 Å². The molecule has 1 heterocycles. The molecule has 0 aromatic heterocycles. The highest BCUT2D eigenvalue weighted by Crippen LogP contribution is 2.36. The van der Waals surface area contributed by atoms with Crippen LogP contribution in [0.15, 0.2) is 24.3 Å². The summed E-state index contributed by atoms with van der Waals surface area (Å²) in [6.07, 6.45) is 0.405. The fraction of sp³-hybridized carbons (Fsp3) is 0.556. The van der Waals surface area contributed by atoms with E-state index in [1.807, 2.05) is 31.2 Å². The van der Waals surface area contributed by atoms with Gasteiger partial charge in [-0.25, -0.2) is 8.78 Å². The molecule has 1 aromatic rings. The van der Waals surface area contributed by atoms with Crippen LogP contribution < -0.4 is 10.2 Å². The predicted molar refractivity (Wildman–Crippen MR) is 87.0 cm³/mol. The quantitative estimate of drug-likeness (QED) is 0.922. The summed E-state index contributed by atoms with van der Waals surface area (Å²) in [7, 11) is 0. The van der Waals surface area contributed by atoms with Crippen LogP contribution in [0, 0.1) is 12.8 Å². The molecule has 1 saturated carbocycles. The van der Waals surface area contributed by atoms with Crippen LogP contribution in [0.25, 0.3) is 0 Å². The lowest BCUT2D eigenvalue weighted by Crippen LogP contribution is -2.45. The Morgan fingerprint density at radius 1 is 1.17 bits per heavy atom. The average Bonchev–Trinajstić information content (AvgIpc) is 2.89. The normalized spacial score (nSPS) is 24.2. The van der Waals surface area contributed by atoms with E-state index in [0.717, 1.165) is 11.3 Å². The Bertz CT molecular complexity index is 620. The molecule has 1 saturated heterocycles. The standard InChI is InChI=1S/C18H22F2N2O2/c1-12-2-4-14(5-3-12)22-11-8-15(17(22)24)21-16(23)13-6-9-18(19,20)10-7-13/h2-5,13,15H,6-11H2,1H3,(H,21,23)/t15-/m0/s1. The van der Waals surface area contributed by atoms with Crippen LogP contribution in [0.4, 0.5) is 14.5 Å². The smallest absolute Gasteiger partial charge is 0.249 e. The zero-order chi connectivity index (χ0) is 17.3. The first-order valence-electron chi connectivity index (χ1n) is 8.42. The molecule has 6 heteroatoms. The van der Waals surface area contributed by atoms with Crippen molar-refractivity contribution in [3.63, 3.8) is 0 Å². The highest BCUT2D eigenvalue weighted by atomic mass is 19.3. The van der Waals surface area contributed by atoms with Crippen molar-refractivity contribution >= 4 is 17.5 Å². The molecule has 1 N–H and O–H groups in total. The molecule has 1 aromatic carbocycles. The van der Waals surface area contributed by atoms with Gasteiger partial charge in [0.2, 0.25) is 17.7 Å². The summed E-state index contributed by atoms with van der Waals surface area (Å²) in [6, 6.07) is 7.11. The Labute approximate surface area is 140 Å². The fourth-order valence-electron chi connectivity index (χ4n) is 3.39. The second-order valence-corrected chi connectivity index (χ2v) is 6.81. The van der Waals surface area contributed by atoms with Gasteiger partial charge in [-0.1, -0.05) is 17.7 Å². The predicted octanol–water partition coefficient (Wildman–Crippen LogP) is 3.04. The number of nitrogens with zero attached hydrogens (tertiary/aromatic N) is 1. The molecule has 24 heavy (non-hydrogen) atoms. The maximum Gasteiger partial charge on any atom is 0.249 e. The minimum Gasteiger partial charge on any atom is -0.344 e. The van der Waals surface area contributed by atoms with Crippen molar-refractivity contribution in [1.82, 2.24) is 5.32 Å². The van der Waals surface area contributed by atoms with Crippen LogP contribution in [-0.4, -0.2) is 30.3 Å². The number of halogens is 2. The van der Waals surface area contributed by atoms with Crippen molar-refractivity contribution in [1.29, 1.82) is 0 Å². The first kappa shape index (κ1) is 16.9. The molecule has 4 nitrogen and oxygen atoms in total. The van der Waals surface area contributed by atoms with Crippen molar-refractivity contribution in [2.24, 2.45) is 5.92 Å². The minimum atomic E-state index is -2.65. The molecular weight excluding hydrogens is 314 g/mol. The lowest BCUT2D eigenvalue weighted by Gasteiger charge is -2.28. The van der Waals surface area contributed by atoms with Gasteiger partial charge < -0.3 is 10.2 Å². The number of nitrogens with one attached hydrogen (secondary N) is 1. The van der Waals surface area contributed by atoms with E-state index in [-0.39, 0.29) is 37.5 Å². The Hall–Kier alpha value is -1.98. The van der Waals surface area contributed by atoms with Gasteiger partial charge >= 0.3 is 0 Å². The lowest BCUT2D eigenvalue weighted by atomic mass is 9.86. The Morgan fingerprint density at radius 3 is 2.42 bits per heavy atom. The third-order valence-corrected chi connectivity index (χ3v) is 4.96. The third kappa shape index (κ3) is 3.57. The molecule has 1 aliphatic carbocycles. The van der Waals surface area contributed by atoms with Crippen LogP contribution in [0.2, 0.25) is 0 Å². The van der Waals surface area contributed by atoms with Crippen LogP contribution >= 0.6 is 0 Å². The third-order valence-electron chi connectivity index (χ3n) is 4.96. The van der Waals surface area contributed by atoms with E-state index in [0.29, 0.717) is 13.0 Å². The average molecular weight is 336 g/mol. The highest BCUT2D eigenvalue weighted by Gasteiger charge is 2.39. The zero-order valence-corrected chi connectivity index (χ0v) is 13.7. The molecule has 2 aliphatic rings. The number of carbonyl (C=O) groups is 2. The summed E-state index contributed by atoms with van der Waals surface area (Å²) in [4.78, 5) is 26.4. The number of carbonyl (C=O) groups excluding carboxylic acids is 2. The van der Waals surface area contributed by atoms with Crippen molar-refractivity contribution in [2.75, 3.05) is 11.4 Å². The Kier molecular flexibility index (Phi) is 4.56. The van der Waals surface area contributed by atoms with Crippen molar-refractivity contribution in [2.45, 2.75) is 51.0 Å². The van der Waals surface area contributed by atoms with E-state index in [1.54, 1.807) is 4.90 Å². The summed E-state index contributed by atoms with van der Waals surface area (Å²) >= 11 is 0. The van der Waals surface area contributed by atoms with E-state index in [4.69, 9.17) is 0 Å². The van der Waals surface area contributed by atoms with E-state index < -0.39 is 17.9 Å². The van der Waals surface area contributed by atoms with Gasteiger partial charge in [-0.3, -0.25) is 9.59 Å². The maximum absolute atomic E-state index is 13.2. The van der Waals surface area contributed by atoms with Crippen LogP contribution in [0.3, 0.4) is 0 Å². The summed E-state index contributed by atoms with van der Waals surface area (Å²) < 4.78 is 26.4. The number of amides is 2. The number of anilines is 1. The van der Waals surface area contributed by atoms with Gasteiger partial charge in [0.1, 0.15) is 6.04 Å². The van der Waals surface area contributed by atoms with Gasteiger partial charge in [0.25, 0.3) is 0 Å². The number of aryl methyl sites for hydroxylation is 1. The van der Waals surface area contributed by atoms with E-state index in [9.17, 15) is 18.4 Å². The summed E-state index contributed by atoms with van der Waals surface area (Å²) in [6.45, 7) is 2.53. The number of hydrogen-bond donors (Lipinski definition) is 1. The van der Waals surface area contributed by atoms with E-state index in [1.165, 1.54) is 0 Å². The SMILES string of the molecule is Cc1ccc(N2CC[C@H](NC(=O)C3CCC(F)(F)CC3)C2=O)cc1. The van der Waals surface area contributed by atoms with Gasteiger partial charge in [0, 0.05) is 31.0 Å². The molecule has 130 valence electrons. The van der Waals surface area contributed by atoms with Crippen LogP contribution in [-0.2, 0) is 9.59 Å². The molecule has 0 radical (unpaired) electrons. The van der Waals surface area contributed by atoms with E-state index in [2.05, 4.69) is 5.32 Å². The second kappa shape index (κ2) is 6.49. The van der Waals surface area contributed by atoms with Gasteiger partial charge in [-0.15, -0.1) is 0 Å². The first-order valence-corrected chi connectivity index (χ1v) is 8.42. The monoisotopic (exact) mass is 336 g/mol. The van der Waals surface area contributed by atoms with Gasteiger partial charge in [-0.2, -0.15) is 0 Å².